The van der Waals surface area contributed by atoms with Gasteiger partial charge in [-0.25, -0.2) is 17.6 Å². The summed E-state index contributed by atoms with van der Waals surface area (Å²) in [6.07, 6.45) is 0.471. The van der Waals surface area contributed by atoms with Crippen LogP contribution in [0.15, 0.2) is 30.3 Å². The average Bonchev–Trinajstić information content (AvgIpc) is 3.22. The number of nitrogens with one attached hydrogen (secondary N) is 1. The molecule has 0 bridgehead atoms. The summed E-state index contributed by atoms with van der Waals surface area (Å²) < 4.78 is 43.8. The molecule has 2 saturated heterocycles. The van der Waals surface area contributed by atoms with Gasteiger partial charge < -0.3 is 10.1 Å². The number of carbonyl (C=O) groups excluding carboxylic acids is 3. The first-order chi connectivity index (χ1) is 18.3. The van der Waals surface area contributed by atoms with Gasteiger partial charge in [-0.3, -0.25) is 14.5 Å². The highest BCUT2D eigenvalue weighted by molar-refractivity contribution is 7.91. The number of amides is 2. The van der Waals surface area contributed by atoms with Crippen molar-refractivity contribution in [2.75, 3.05) is 29.5 Å². The Kier molecular flexibility index (Phi) is 8.16. The zero-order valence-electron chi connectivity index (χ0n) is 22.8. The van der Waals surface area contributed by atoms with Crippen molar-refractivity contribution >= 4 is 33.8 Å². The van der Waals surface area contributed by atoms with Crippen molar-refractivity contribution in [3.63, 3.8) is 0 Å². The Labute approximate surface area is 228 Å². The van der Waals surface area contributed by atoms with E-state index in [0.29, 0.717) is 29.7 Å². The third kappa shape index (κ3) is 6.49. The van der Waals surface area contributed by atoms with Gasteiger partial charge in [0.15, 0.2) is 0 Å². The van der Waals surface area contributed by atoms with Crippen LogP contribution in [0.5, 0.6) is 0 Å². The highest BCUT2D eigenvalue weighted by Crippen LogP contribution is 2.34. The minimum Gasteiger partial charge on any atom is -0.442 e. The number of carbonyl (C=O) groups is 3. The third-order valence-corrected chi connectivity index (χ3v) is 9.32. The summed E-state index contributed by atoms with van der Waals surface area (Å²) in [6, 6.07) is 8.33. The van der Waals surface area contributed by atoms with E-state index in [2.05, 4.69) is 5.32 Å². The maximum absolute atomic E-state index is 15.0. The maximum Gasteiger partial charge on any atom is 0.414 e. The van der Waals surface area contributed by atoms with Crippen LogP contribution in [0.4, 0.5) is 14.9 Å². The van der Waals surface area contributed by atoms with Gasteiger partial charge >= 0.3 is 6.09 Å². The number of anilines is 1. The fourth-order valence-electron chi connectivity index (χ4n) is 5.85. The number of hydrogen-bond donors (Lipinski definition) is 1. The number of cyclic esters (lactones) is 1. The van der Waals surface area contributed by atoms with Crippen molar-refractivity contribution in [1.82, 2.24) is 5.32 Å². The van der Waals surface area contributed by atoms with Crippen LogP contribution in [0.2, 0.25) is 0 Å². The van der Waals surface area contributed by atoms with E-state index in [9.17, 15) is 27.2 Å². The molecule has 10 heteroatoms. The lowest BCUT2D eigenvalue weighted by molar-refractivity contribution is -0.122. The average molecular weight is 559 g/mol. The van der Waals surface area contributed by atoms with Gasteiger partial charge in [-0.15, -0.1) is 0 Å². The molecule has 2 heterocycles. The molecule has 39 heavy (non-hydrogen) atoms. The van der Waals surface area contributed by atoms with E-state index in [1.54, 1.807) is 12.1 Å². The molecular formula is C29H35FN2O6S. The summed E-state index contributed by atoms with van der Waals surface area (Å²) in [5, 5.41) is 2.83. The predicted molar refractivity (Wildman–Crippen MR) is 147 cm³/mol. The van der Waals surface area contributed by atoms with Crippen LogP contribution < -0.4 is 10.2 Å². The van der Waals surface area contributed by atoms with E-state index >= 15 is 0 Å². The fourth-order valence-corrected chi connectivity index (χ4v) is 7.34. The van der Waals surface area contributed by atoms with Gasteiger partial charge in [0.2, 0.25) is 5.91 Å². The first kappa shape index (κ1) is 28.7. The number of rotatable bonds is 8. The summed E-state index contributed by atoms with van der Waals surface area (Å²) in [5.41, 5.74) is 3.52. The number of aldehydes is 1. The SMILES string of the molecule is Cc1cc(C)c(C(C)(C)CC(=O)NCC2CN(c3ccc(C4CCS(=O)(=O)CC4)c(F)c3)C(=O)O2)c(C=O)c1. The Balaban J connectivity index is 1.35. The monoisotopic (exact) mass is 558 g/mol. The number of benzene rings is 2. The summed E-state index contributed by atoms with van der Waals surface area (Å²) in [6.45, 7) is 7.93. The normalized spacial score (nSPS) is 19.6. The van der Waals surface area contributed by atoms with E-state index < -0.39 is 33.3 Å². The lowest BCUT2D eigenvalue weighted by Gasteiger charge is -2.28. The molecule has 0 saturated carbocycles. The van der Waals surface area contributed by atoms with Crippen LogP contribution in [0.25, 0.3) is 0 Å². The van der Waals surface area contributed by atoms with E-state index in [-0.39, 0.29) is 42.8 Å². The molecular weight excluding hydrogens is 523 g/mol. The highest BCUT2D eigenvalue weighted by atomic mass is 32.2. The fraction of sp³-hybridized carbons (Fsp3) is 0.483. The van der Waals surface area contributed by atoms with E-state index in [1.807, 2.05) is 39.8 Å². The molecule has 2 aromatic carbocycles. The summed E-state index contributed by atoms with van der Waals surface area (Å²) >= 11 is 0. The van der Waals surface area contributed by atoms with Crippen molar-refractivity contribution in [2.24, 2.45) is 0 Å². The second-order valence-electron chi connectivity index (χ2n) is 11.3. The number of halogens is 1. The molecule has 8 nitrogen and oxygen atoms in total. The third-order valence-electron chi connectivity index (χ3n) is 7.61. The highest BCUT2D eigenvalue weighted by Gasteiger charge is 2.35. The number of ether oxygens (including phenoxy) is 1. The van der Waals surface area contributed by atoms with Crippen LogP contribution in [0.1, 0.15) is 71.6 Å². The van der Waals surface area contributed by atoms with E-state index in [4.69, 9.17) is 4.74 Å². The summed E-state index contributed by atoms with van der Waals surface area (Å²) in [7, 11) is -3.05. The second-order valence-corrected chi connectivity index (χ2v) is 13.6. The zero-order valence-corrected chi connectivity index (χ0v) is 23.6. The van der Waals surface area contributed by atoms with Crippen LogP contribution in [0.3, 0.4) is 0 Å². The van der Waals surface area contributed by atoms with Gasteiger partial charge in [0.05, 0.1) is 30.3 Å². The van der Waals surface area contributed by atoms with Crippen molar-refractivity contribution < 1.29 is 31.9 Å². The molecule has 0 aliphatic carbocycles. The van der Waals surface area contributed by atoms with E-state index in [0.717, 1.165) is 23.0 Å². The van der Waals surface area contributed by atoms with Crippen molar-refractivity contribution in [3.05, 3.63) is 64.0 Å². The Hall–Kier alpha value is -3.27. The summed E-state index contributed by atoms with van der Waals surface area (Å²) in [4.78, 5) is 38.4. The lowest BCUT2D eigenvalue weighted by Crippen LogP contribution is -2.37. The molecule has 0 spiro atoms. The van der Waals surface area contributed by atoms with Gasteiger partial charge in [-0.1, -0.05) is 31.5 Å². The molecule has 2 amide bonds. The molecule has 2 aliphatic rings. The van der Waals surface area contributed by atoms with Gasteiger partial charge in [0, 0.05) is 12.0 Å². The molecule has 1 N–H and O–H groups in total. The second kappa shape index (κ2) is 11.1. The number of nitrogens with zero attached hydrogens (tertiary/aromatic N) is 1. The van der Waals surface area contributed by atoms with Crippen molar-refractivity contribution in [1.29, 1.82) is 0 Å². The Bertz CT molecular complexity index is 1390. The minimum atomic E-state index is -3.05. The first-order valence-corrected chi connectivity index (χ1v) is 14.9. The lowest BCUT2D eigenvalue weighted by atomic mass is 9.76. The standard InChI is InChI=1S/C29H35FN2O6S/c1-18-11-19(2)27(21(12-18)17-33)29(3,4)14-26(34)31-15-23-16-32(28(35)38-23)22-5-6-24(25(30)13-22)20-7-9-39(36,37)10-8-20/h5-6,11-13,17,20,23H,7-10,14-16H2,1-4H3,(H,31,34). The predicted octanol–water partition coefficient (Wildman–Crippen LogP) is 4.36. The Morgan fingerprint density at radius 1 is 1.18 bits per heavy atom. The zero-order chi connectivity index (χ0) is 28.5. The summed E-state index contributed by atoms with van der Waals surface area (Å²) in [5.74, 6) is -0.803. The Morgan fingerprint density at radius 2 is 1.87 bits per heavy atom. The molecule has 1 unspecified atom stereocenters. The Morgan fingerprint density at radius 3 is 2.51 bits per heavy atom. The topological polar surface area (TPSA) is 110 Å². The van der Waals surface area contributed by atoms with Crippen molar-refractivity contribution in [3.8, 4) is 0 Å². The van der Waals surface area contributed by atoms with Gasteiger partial charge in [0.1, 0.15) is 28.0 Å². The van der Waals surface area contributed by atoms with Gasteiger partial charge in [-0.2, -0.15) is 0 Å². The molecule has 210 valence electrons. The quantitative estimate of drug-likeness (QED) is 0.483. The molecule has 0 aromatic heterocycles. The molecule has 1 atom stereocenters. The first-order valence-electron chi connectivity index (χ1n) is 13.1. The van der Waals surface area contributed by atoms with Crippen LogP contribution in [-0.4, -0.2) is 57.4 Å². The van der Waals surface area contributed by atoms with Gasteiger partial charge in [0.25, 0.3) is 0 Å². The number of aryl methyl sites for hydroxylation is 2. The largest absolute Gasteiger partial charge is 0.442 e. The van der Waals surface area contributed by atoms with E-state index in [1.165, 1.54) is 11.0 Å². The molecule has 2 aromatic rings. The van der Waals surface area contributed by atoms with Crippen LogP contribution in [-0.2, 0) is 24.8 Å². The number of hydrogen-bond acceptors (Lipinski definition) is 6. The van der Waals surface area contributed by atoms with Crippen molar-refractivity contribution in [2.45, 2.75) is 64.4 Å². The molecule has 2 fully saturated rings. The van der Waals surface area contributed by atoms with Crippen LogP contribution in [0, 0.1) is 19.7 Å². The molecule has 2 aliphatic heterocycles. The molecule has 4 rings (SSSR count). The van der Waals surface area contributed by atoms with Gasteiger partial charge in [-0.05, 0) is 72.9 Å². The number of sulfone groups is 1. The smallest absolute Gasteiger partial charge is 0.414 e. The maximum atomic E-state index is 15.0. The molecule has 0 radical (unpaired) electrons. The van der Waals surface area contributed by atoms with Crippen LogP contribution >= 0.6 is 0 Å². The minimum absolute atomic E-state index is 0.0464.